The van der Waals surface area contributed by atoms with Gasteiger partial charge in [-0.15, -0.1) is 0 Å². The Kier molecular flexibility index (Phi) is 5.80. The fourth-order valence-corrected chi connectivity index (χ4v) is 2.07. The van der Waals surface area contributed by atoms with Crippen LogP contribution < -0.4 is 10.1 Å². The van der Waals surface area contributed by atoms with E-state index < -0.39 is 12.6 Å². The Balaban J connectivity index is 1.86. The highest BCUT2D eigenvalue weighted by molar-refractivity contribution is 5.94. The Hall–Kier alpha value is -2.76. The molecule has 0 aliphatic rings. The number of hydrogen-bond donors (Lipinski definition) is 2. The maximum absolute atomic E-state index is 12.2. The number of furan rings is 1. The molecule has 1 aromatic heterocycles. The van der Waals surface area contributed by atoms with Gasteiger partial charge in [0.15, 0.2) is 6.61 Å². The smallest absolute Gasteiger partial charge is 0.341 e. The number of hydrogen-bond acceptors (Lipinski definition) is 4. The SMILES string of the molecule is CC(CCc1ccco1)NC(=O)c1cccc(OCC(=O)O)c1. The maximum atomic E-state index is 12.2. The molecule has 0 aliphatic heterocycles. The van der Waals surface area contributed by atoms with Crippen molar-refractivity contribution < 1.29 is 23.8 Å². The summed E-state index contributed by atoms with van der Waals surface area (Å²) in [7, 11) is 0. The summed E-state index contributed by atoms with van der Waals surface area (Å²) in [5.74, 6) is -0.0532. The number of amides is 1. The molecule has 0 spiro atoms. The van der Waals surface area contributed by atoms with Gasteiger partial charge in [0.1, 0.15) is 11.5 Å². The summed E-state index contributed by atoms with van der Waals surface area (Å²) >= 11 is 0. The molecule has 0 aliphatic carbocycles. The van der Waals surface area contributed by atoms with Crippen LogP contribution in [-0.4, -0.2) is 29.6 Å². The molecule has 2 rings (SSSR count). The van der Waals surface area contributed by atoms with E-state index in [1.807, 2.05) is 19.1 Å². The first-order valence-electron chi connectivity index (χ1n) is 7.32. The van der Waals surface area contributed by atoms with Crippen LogP contribution in [0.1, 0.15) is 29.5 Å². The third-order valence-corrected chi connectivity index (χ3v) is 3.24. The number of carbonyl (C=O) groups excluding carboxylic acids is 1. The van der Waals surface area contributed by atoms with Gasteiger partial charge in [-0.2, -0.15) is 0 Å². The van der Waals surface area contributed by atoms with E-state index in [1.165, 1.54) is 6.07 Å². The molecule has 2 N–H and O–H groups in total. The molecule has 1 unspecified atom stereocenters. The summed E-state index contributed by atoms with van der Waals surface area (Å²) in [6, 6.07) is 10.2. The number of rotatable bonds is 8. The van der Waals surface area contributed by atoms with Crippen LogP contribution in [0, 0.1) is 0 Å². The molecule has 1 heterocycles. The van der Waals surface area contributed by atoms with Crippen molar-refractivity contribution in [1.82, 2.24) is 5.32 Å². The number of aryl methyl sites for hydroxylation is 1. The largest absolute Gasteiger partial charge is 0.482 e. The van der Waals surface area contributed by atoms with Crippen molar-refractivity contribution in [3.05, 3.63) is 54.0 Å². The third kappa shape index (κ3) is 5.50. The molecule has 1 atom stereocenters. The van der Waals surface area contributed by atoms with E-state index in [0.29, 0.717) is 11.3 Å². The first-order chi connectivity index (χ1) is 11.0. The molecule has 23 heavy (non-hydrogen) atoms. The fraction of sp³-hybridized carbons (Fsp3) is 0.294. The molecule has 1 amide bonds. The van der Waals surface area contributed by atoms with E-state index in [1.54, 1.807) is 24.5 Å². The Labute approximate surface area is 134 Å². The molecule has 6 nitrogen and oxygen atoms in total. The van der Waals surface area contributed by atoms with Crippen LogP contribution in [0.25, 0.3) is 0 Å². The highest BCUT2D eigenvalue weighted by Crippen LogP contribution is 2.14. The minimum Gasteiger partial charge on any atom is -0.482 e. The van der Waals surface area contributed by atoms with Crippen molar-refractivity contribution in [1.29, 1.82) is 0 Å². The number of ether oxygens (including phenoxy) is 1. The predicted molar refractivity (Wildman–Crippen MR) is 83.5 cm³/mol. The molecular formula is C17H19NO5. The van der Waals surface area contributed by atoms with E-state index in [0.717, 1.165) is 18.6 Å². The average molecular weight is 317 g/mol. The van der Waals surface area contributed by atoms with Gasteiger partial charge in [0.2, 0.25) is 0 Å². The second-order valence-electron chi connectivity index (χ2n) is 5.20. The van der Waals surface area contributed by atoms with E-state index in [2.05, 4.69) is 5.32 Å². The monoisotopic (exact) mass is 317 g/mol. The zero-order valence-corrected chi connectivity index (χ0v) is 12.8. The van der Waals surface area contributed by atoms with E-state index in [9.17, 15) is 9.59 Å². The van der Waals surface area contributed by atoms with Gasteiger partial charge >= 0.3 is 5.97 Å². The minimum atomic E-state index is -1.06. The fourth-order valence-electron chi connectivity index (χ4n) is 2.07. The van der Waals surface area contributed by atoms with Gasteiger partial charge in [0.25, 0.3) is 5.91 Å². The van der Waals surface area contributed by atoms with Crippen molar-refractivity contribution in [2.24, 2.45) is 0 Å². The molecule has 0 radical (unpaired) electrons. The van der Waals surface area contributed by atoms with Crippen molar-refractivity contribution >= 4 is 11.9 Å². The number of carboxylic acid groups (broad SMARTS) is 1. The molecular weight excluding hydrogens is 298 g/mol. The summed E-state index contributed by atoms with van der Waals surface area (Å²) in [6.45, 7) is 1.48. The second-order valence-corrected chi connectivity index (χ2v) is 5.20. The highest BCUT2D eigenvalue weighted by Gasteiger charge is 2.11. The lowest BCUT2D eigenvalue weighted by molar-refractivity contribution is -0.139. The van der Waals surface area contributed by atoms with E-state index >= 15 is 0 Å². The Morgan fingerprint density at radius 1 is 1.30 bits per heavy atom. The van der Waals surface area contributed by atoms with E-state index in [-0.39, 0.29) is 11.9 Å². The van der Waals surface area contributed by atoms with Crippen LogP contribution in [0.3, 0.4) is 0 Å². The number of nitrogens with one attached hydrogen (secondary N) is 1. The number of carboxylic acids is 1. The standard InChI is InChI=1S/C17H19NO5/c1-12(7-8-14-6-3-9-22-14)18-17(21)13-4-2-5-15(10-13)23-11-16(19)20/h2-6,9-10,12H,7-8,11H2,1H3,(H,18,21)(H,19,20). The lowest BCUT2D eigenvalue weighted by Crippen LogP contribution is -2.32. The molecule has 0 bridgehead atoms. The molecule has 0 saturated heterocycles. The quantitative estimate of drug-likeness (QED) is 0.781. The van der Waals surface area contributed by atoms with Gasteiger partial charge in [0, 0.05) is 18.0 Å². The third-order valence-electron chi connectivity index (χ3n) is 3.24. The zero-order chi connectivity index (χ0) is 16.7. The van der Waals surface area contributed by atoms with Gasteiger partial charge in [-0.1, -0.05) is 6.07 Å². The van der Waals surface area contributed by atoms with Gasteiger partial charge < -0.3 is 19.6 Å². The van der Waals surface area contributed by atoms with Crippen LogP contribution in [0.15, 0.2) is 47.1 Å². The van der Waals surface area contributed by atoms with Gasteiger partial charge in [-0.25, -0.2) is 4.79 Å². The number of benzene rings is 1. The Bertz CT molecular complexity index is 651. The molecule has 1 aromatic carbocycles. The van der Waals surface area contributed by atoms with Crippen molar-refractivity contribution in [3.8, 4) is 5.75 Å². The van der Waals surface area contributed by atoms with Crippen LogP contribution in [0.2, 0.25) is 0 Å². The maximum Gasteiger partial charge on any atom is 0.341 e. The molecule has 122 valence electrons. The normalized spacial score (nSPS) is 11.7. The first kappa shape index (κ1) is 16.6. The average Bonchev–Trinajstić information content (AvgIpc) is 3.04. The lowest BCUT2D eigenvalue weighted by Gasteiger charge is -2.13. The summed E-state index contributed by atoms with van der Waals surface area (Å²) in [5.41, 5.74) is 0.428. The minimum absolute atomic E-state index is 0.0174. The van der Waals surface area contributed by atoms with Crippen molar-refractivity contribution in [3.63, 3.8) is 0 Å². The molecule has 0 saturated carbocycles. The topological polar surface area (TPSA) is 88.8 Å². The number of aliphatic carboxylic acids is 1. The van der Waals surface area contributed by atoms with E-state index in [4.69, 9.17) is 14.3 Å². The summed E-state index contributed by atoms with van der Waals surface area (Å²) < 4.78 is 10.3. The highest BCUT2D eigenvalue weighted by atomic mass is 16.5. The predicted octanol–water partition coefficient (Wildman–Crippen LogP) is 2.49. The zero-order valence-electron chi connectivity index (χ0n) is 12.8. The first-order valence-corrected chi connectivity index (χ1v) is 7.32. The van der Waals surface area contributed by atoms with Crippen LogP contribution in [-0.2, 0) is 11.2 Å². The lowest BCUT2D eigenvalue weighted by atomic mass is 10.1. The van der Waals surface area contributed by atoms with Crippen molar-refractivity contribution in [2.45, 2.75) is 25.8 Å². The molecule has 6 heteroatoms. The summed E-state index contributed by atoms with van der Waals surface area (Å²) in [5, 5.41) is 11.5. The van der Waals surface area contributed by atoms with Gasteiger partial charge in [0.05, 0.1) is 6.26 Å². The molecule has 2 aromatic rings. The Morgan fingerprint density at radius 3 is 2.83 bits per heavy atom. The molecule has 0 fully saturated rings. The summed E-state index contributed by atoms with van der Waals surface area (Å²) in [4.78, 5) is 22.7. The Morgan fingerprint density at radius 2 is 2.13 bits per heavy atom. The summed E-state index contributed by atoms with van der Waals surface area (Å²) in [6.07, 6.45) is 3.13. The van der Waals surface area contributed by atoms with Crippen LogP contribution in [0.4, 0.5) is 0 Å². The van der Waals surface area contributed by atoms with Crippen LogP contribution >= 0.6 is 0 Å². The second kappa shape index (κ2) is 8.03. The van der Waals surface area contributed by atoms with Gasteiger partial charge in [-0.3, -0.25) is 4.79 Å². The van der Waals surface area contributed by atoms with Crippen LogP contribution in [0.5, 0.6) is 5.75 Å². The number of carbonyl (C=O) groups is 2. The van der Waals surface area contributed by atoms with Crippen molar-refractivity contribution in [2.75, 3.05) is 6.61 Å². The van der Waals surface area contributed by atoms with Gasteiger partial charge in [-0.05, 0) is 43.7 Å².